The first kappa shape index (κ1) is 73.6. The molecule has 0 saturated carbocycles. The number of aliphatic hydroxyl groups excluding tert-OH is 1. The Labute approximate surface area is 575 Å². The molecule has 2 bridgehead atoms. The minimum absolute atomic E-state index is 0.0275. The van der Waals surface area contributed by atoms with Crippen molar-refractivity contribution in [3.63, 3.8) is 0 Å². The molecule has 4 aromatic carbocycles. The highest BCUT2D eigenvalue weighted by Gasteiger charge is 2.49. The van der Waals surface area contributed by atoms with Gasteiger partial charge in [-0.25, -0.2) is 8.78 Å². The van der Waals surface area contributed by atoms with E-state index >= 15 is 14.4 Å². The summed E-state index contributed by atoms with van der Waals surface area (Å²) in [5.41, 5.74) is 7.90. The van der Waals surface area contributed by atoms with E-state index in [1.807, 2.05) is 24.3 Å². The van der Waals surface area contributed by atoms with E-state index in [2.05, 4.69) is 63.1 Å². The summed E-state index contributed by atoms with van der Waals surface area (Å²) in [7, 11) is 0. The summed E-state index contributed by atoms with van der Waals surface area (Å²) < 4.78 is 29.7. The number of phenolic OH excluding ortho intramolecular Hbond substituents is 1. The van der Waals surface area contributed by atoms with Crippen LogP contribution in [-0.2, 0) is 83.5 Å². The Morgan fingerprint density at radius 1 is 0.667 bits per heavy atom. The zero-order valence-corrected chi connectivity index (χ0v) is 55.6. The van der Waals surface area contributed by atoms with Gasteiger partial charge in [-0.1, -0.05) is 36.4 Å². The van der Waals surface area contributed by atoms with Gasteiger partial charge in [0.25, 0.3) is 0 Å². The lowest BCUT2D eigenvalue weighted by atomic mass is 9.95. The maximum atomic E-state index is 15.2. The molecule has 28 nitrogen and oxygen atoms in total. The molecule has 0 radical (unpaired) electrons. The van der Waals surface area contributed by atoms with Crippen LogP contribution in [0.15, 0.2) is 97.3 Å². The SMILES string of the molecule is C[C@@]12CCCN1C(=O)[C@H](Cc1ccc(O)cc1)NC(=O)[C@H](CC1CNCN1)NC(=O)[C@H](CC(=O)O)NC(=O)[C@H](Cc1c[nH]c3ccc(F)cc13)NC(=O)[C@H](Cc1c[nH]c3ccc(F)cc13)NC(=O)CNC(=O)[C@H](CCO)NC(=O)CCSCc1cccc(c1)CSC[C@@H](C(N)=O)NC2=O. The molecule has 32 heteroatoms. The van der Waals surface area contributed by atoms with Crippen LogP contribution in [0.2, 0.25) is 0 Å². The van der Waals surface area contributed by atoms with Gasteiger partial charge in [0.1, 0.15) is 65.2 Å². The van der Waals surface area contributed by atoms with Crippen molar-refractivity contribution in [1.82, 2.24) is 68.0 Å². The quantitative estimate of drug-likeness (QED) is 0.0743. The second-order valence-corrected chi connectivity index (χ2v) is 26.9. The summed E-state index contributed by atoms with van der Waals surface area (Å²) in [6.45, 7) is 0.782. The number of nitrogens with two attached hydrogens (primary N) is 1. The number of fused-ring (bicyclic) bond motifs is 5. The number of aliphatic carboxylic acids is 1. The Kier molecular flexibility index (Phi) is 25.5. The number of carboxylic acid groups (broad SMARTS) is 1. The molecule has 5 heterocycles. The molecule has 2 saturated heterocycles. The average molecular weight is 1410 g/mol. The minimum atomic E-state index is -2.02. The number of carbonyl (C=O) groups is 11. The van der Waals surface area contributed by atoms with Crippen molar-refractivity contribution in [2.75, 3.05) is 44.4 Å². The summed E-state index contributed by atoms with van der Waals surface area (Å²) in [6.07, 6.45) is 0.658. The smallest absolute Gasteiger partial charge is 0.305 e. The molecule has 2 aromatic heterocycles. The summed E-state index contributed by atoms with van der Waals surface area (Å²) in [5.74, 6) is -10.9. The van der Waals surface area contributed by atoms with Crippen LogP contribution in [0, 0.1) is 11.6 Å². The van der Waals surface area contributed by atoms with Gasteiger partial charge in [-0.2, -0.15) is 23.5 Å². The van der Waals surface area contributed by atoms with Gasteiger partial charge >= 0.3 is 5.97 Å². The number of nitrogens with zero attached hydrogens (tertiary/aromatic N) is 1. The molecule has 3 aliphatic heterocycles. The number of carbonyl (C=O) groups excluding carboxylic acids is 10. The lowest BCUT2D eigenvalue weighted by molar-refractivity contribution is -0.147. The predicted molar refractivity (Wildman–Crippen MR) is 363 cm³/mol. The molecule has 9 atom stereocenters. The van der Waals surface area contributed by atoms with Gasteiger partial charge in [-0.15, -0.1) is 0 Å². The van der Waals surface area contributed by atoms with Crippen LogP contribution in [0.5, 0.6) is 5.75 Å². The fraction of sp³-hybridized carbons (Fsp3) is 0.418. The lowest BCUT2D eigenvalue weighted by Crippen LogP contribution is -2.63. The Morgan fingerprint density at radius 3 is 1.87 bits per heavy atom. The molecule has 0 spiro atoms. The molecule has 1 unspecified atom stereocenters. The molecular weight excluding hydrogens is 1330 g/mol. The first-order valence-corrected chi connectivity index (χ1v) is 34.5. The number of hydrogen-bond donors (Lipinski definition) is 16. The number of amides is 10. The number of aliphatic hydroxyl groups is 1. The van der Waals surface area contributed by atoms with Crippen molar-refractivity contribution in [2.24, 2.45) is 5.73 Å². The van der Waals surface area contributed by atoms with Gasteiger partial charge in [0.15, 0.2) is 0 Å². The highest BCUT2D eigenvalue weighted by atomic mass is 32.2. The largest absolute Gasteiger partial charge is 0.508 e. The highest BCUT2D eigenvalue weighted by molar-refractivity contribution is 7.98. The van der Waals surface area contributed by atoms with E-state index < -0.39 is 163 Å². The summed E-state index contributed by atoms with van der Waals surface area (Å²) >= 11 is 2.74. The molecule has 10 amide bonds. The Balaban J connectivity index is 1.05. The van der Waals surface area contributed by atoms with E-state index in [1.165, 1.54) is 102 Å². The topological polar surface area (TPSA) is 430 Å². The van der Waals surface area contributed by atoms with Gasteiger partial charge in [0, 0.05) is 115 Å². The molecule has 99 heavy (non-hydrogen) atoms. The van der Waals surface area contributed by atoms with Gasteiger partial charge < -0.3 is 89.1 Å². The third-order valence-corrected chi connectivity index (χ3v) is 19.6. The second kappa shape index (κ2) is 34.2. The van der Waals surface area contributed by atoms with Crippen LogP contribution < -0.4 is 58.9 Å². The predicted octanol–water partition coefficient (Wildman–Crippen LogP) is 0.373. The Hall–Kier alpha value is -9.63. The van der Waals surface area contributed by atoms with Gasteiger partial charge in [0.2, 0.25) is 59.1 Å². The molecule has 3 aliphatic rings. The molecule has 9 rings (SSSR count). The van der Waals surface area contributed by atoms with Gasteiger partial charge in [-0.3, -0.25) is 52.7 Å². The van der Waals surface area contributed by atoms with Crippen LogP contribution in [0.1, 0.15) is 73.3 Å². The summed E-state index contributed by atoms with van der Waals surface area (Å²) in [5, 5.41) is 58.0. The average Bonchev–Trinajstić information content (AvgIpc) is 1.69. The van der Waals surface area contributed by atoms with Crippen LogP contribution in [0.25, 0.3) is 21.8 Å². The van der Waals surface area contributed by atoms with Gasteiger partial charge in [-0.05, 0) is 109 Å². The van der Waals surface area contributed by atoms with Crippen molar-refractivity contribution in [3.8, 4) is 5.75 Å². The Bertz CT molecular complexity index is 3970. The van der Waals surface area contributed by atoms with Crippen molar-refractivity contribution in [2.45, 2.75) is 130 Å². The molecule has 17 N–H and O–H groups in total. The second-order valence-electron chi connectivity index (χ2n) is 24.8. The maximum absolute atomic E-state index is 15.2. The first-order chi connectivity index (χ1) is 47.4. The standard InChI is InChI=1S/C67H80F2N14O14S2/c1-67-16-3-17-83(67)65(96)54(21-36-6-10-44(85)11-7-36)81-63(94)52(26-43-30-71-35-75-43)79-64(95)53(27-58(88)89)80-62(93)51(23-40-29-73-48-13-9-42(69)25-46(40)48)78-61(92)50(22-39-28-72-47-12-8-41(68)24-45(39)47)77-57(87)31-74-60(91)49(14-18-84)76-56(86)15-19-98-32-37-4-2-5-38(20-37)33-99-34-55(59(70)90)82-66(67)97/h2,4-13,20,24-25,28-29,43,49-55,71-73,75,84-85H,3,14-19,21-23,26-27,30-35H2,1H3,(H2,70,90)(H,74,91)(H,76,86)(H,77,87)(H,78,92)(H,79,95)(H,80,93)(H,81,94)(H,82,97)(H,88,89)/t43?,49-,50-,51-,52-,53-,54-,55-,67-/m0/s1. The number of H-pyrrole nitrogens is 2. The zero-order valence-electron chi connectivity index (χ0n) is 54.0. The molecule has 6 aromatic rings. The Morgan fingerprint density at radius 2 is 1.25 bits per heavy atom. The summed E-state index contributed by atoms with van der Waals surface area (Å²) in [6, 6.07) is 9.35. The van der Waals surface area contributed by atoms with E-state index in [1.54, 1.807) is 0 Å². The number of primary amides is 1. The van der Waals surface area contributed by atoms with Crippen LogP contribution in [0.4, 0.5) is 8.78 Å². The third-order valence-electron chi connectivity index (χ3n) is 17.5. The number of benzene rings is 4. The fourth-order valence-electron chi connectivity index (χ4n) is 12.2. The van der Waals surface area contributed by atoms with Crippen molar-refractivity contribution in [3.05, 3.63) is 137 Å². The summed E-state index contributed by atoms with van der Waals surface area (Å²) in [4.78, 5) is 164. The number of aromatic nitrogens is 2. The number of carboxylic acids is 1. The van der Waals surface area contributed by atoms with Crippen molar-refractivity contribution >= 4 is 110 Å². The monoisotopic (exact) mass is 1410 g/mol. The number of phenols is 1. The number of nitrogens with one attached hydrogen (secondary N) is 12. The fourth-order valence-corrected chi connectivity index (χ4v) is 14.1. The van der Waals surface area contributed by atoms with Crippen LogP contribution in [0.3, 0.4) is 0 Å². The number of hydrogen-bond acceptors (Lipinski definition) is 17. The lowest BCUT2D eigenvalue weighted by Gasteiger charge is -2.37. The molecular formula is C67H80F2N14O14S2. The van der Waals surface area contributed by atoms with E-state index in [0.717, 1.165) is 17.2 Å². The number of rotatable bonds is 13. The number of halogens is 2. The zero-order chi connectivity index (χ0) is 70.9. The third kappa shape index (κ3) is 20.0. The van der Waals surface area contributed by atoms with Crippen molar-refractivity contribution in [1.29, 1.82) is 0 Å². The van der Waals surface area contributed by atoms with E-state index in [-0.39, 0.29) is 74.3 Å². The molecule has 0 aliphatic carbocycles. The molecule has 528 valence electrons. The van der Waals surface area contributed by atoms with E-state index in [0.29, 0.717) is 51.2 Å². The normalized spacial score (nSPS) is 24.5. The maximum Gasteiger partial charge on any atom is 0.305 e. The van der Waals surface area contributed by atoms with Crippen LogP contribution in [-0.4, -0.2) is 194 Å². The van der Waals surface area contributed by atoms with Crippen molar-refractivity contribution < 1.29 is 76.8 Å². The molecule has 2 fully saturated rings. The van der Waals surface area contributed by atoms with E-state index in [4.69, 9.17) is 5.73 Å². The minimum Gasteiger partial charge on any atom is -0.508 e. The van der Waals surface area contributed by atoms with Crippen LogP contribution >= 0.6 is 23.5 Å². The highest BCUT2D eigenvalue weighted by Crippen LogP contribution is 2.32. The first-order valence-electron chi connectivity index (χ1n) is 32.2. The number of aromatic hydroxyl groups is 1. The number of aromatic amines is 2. The van der Waals surface area contributed by atoms with Gasteiger partial charge in [0.05, 0.1) is 13.0 Å². The number of thioether (sulfide) groups is 2. The van der Waals surface area contributed by atoms with E-state index in [9.17, 15) is 62.5 Å².